The summed E-state index contributed by atoms with van der Waals surface area (Å²) in [6.07, 6.45) is 0. The van der Waals surface area contributed by atoms with Crippen LogP contribution in [0.1, 0.15) is 0 Å². The van der Waals surface area contributed by atoms with Crippen molar-refractivity contribution in [3.8, 4) is 22.3 Å². The molecule has 7 aromatic carbocycles. The maximum atomic E-state index is 16.6. The van der Waals surface area contributed by atoms with Crippen LogP contribution in [-0.2, 0) is 4.57 Å². The first-order chi connectivity index (χ1) is 20.3. The molecule has 8 rings (SSSR count). The zero-order valence-corrected chi connectivity index (χ0v) is 23.2. The Hall–Kier alpha value is -4.91. The quantitative estimate of drug-likeness (QED) is 0.163. The van der Waals surface area contributed by atoms with E-state index in [1.807, 2.05) is 36.4 Å². The van der Waals surface area contributed by atoms with Gasteiger partial charge in [-0.3, -0.25) is 9.24 Å². The summed E-state index contributed by atoms with van der Waals surface area (Å²) in [6, 6.07) is 54.3. The van der Waals surface area contributed by atoms with Crippen molar-refractivity contribution in [3.63, 3.8) is 0 Å². The number of anilines is 2. The van der Waals surface area contributed by atoms with Gasteiger partial charge in [-0.25, -0.2) is 0 Å². The molecule has 0 aliphatic carbocycles. The first kappa shape index (κ1) is 23.9. The van der Waals surface area contributed by atoms with Crippen LogP contribution >= 0.6 is 7.29 Å². The average molecular weight is 544 g/mol. The Morgan fingerprint density at radius 1 is 0.439 bits per heavy atom. The van der Waals surface area contributed by atoms with E-state index in [9.17, 15) is 0 Å². The van der Waals surface area contributed by atoms with Gasteiger partial charge in [0.25, 0.3) is 0 Å². The molecule has 2 nitrogen and oxygen atoms in total. The third-order valence-electron chi connectivity index (χ3n) is 8.20. The minimum absolute atomic E-state index is 0.866. The molecule has 1 heterocycles. The summed E-state index contributed by atoms with van der Waals surface area (Å²) < 4.78 is 18.7. The van der Waals surface area contributed by atoms with E-state index in [4.69, 9.17) is 0 Å². The molecule has 0 amide bonds. The lowest BCUT2D eigenvalue weighted by Crippen LogP contribution is -2.34. The smallest absolute Gasteiger partial charge is 0.235 e. The molecule has 0 N–H and O–H groups in total. The lowest BCUT2D eigenvalue weighted by Gasteiger charge is -2.41. The highest BCUT2D eigenvalue weighted by Crippen LogP contribution is 2.62. The summed E-state index contributed by atoms with van der Waals surface area (Å²) in [5, 5.41) is 5.99. The SMILES string of the molecule is O=P1(c2c3ccccc3c(-c3ccccc3)c3ccccc23)c2ccccc2-c2ccccc2N1c1ccccc1. The van der Waals surface area contributed by atoms with Crippen LogP contribution in [0.3, 0.4) is 0 Å². The fraction of sp³-hybridized carbons (Fsp3) is 0. The molecule has 194 valence electrons. The molecule has 0 bridgehead atoms. The van der Waals surface area contributed by atoms with Gasteiger partial charge < -0.3 is 0 Å². The van der Waals surface area contributed by atoms with Gasteiger partial charge in [0.2, 0.25) is 7.29 Å². The van der Waals surface area contributed by atoms with Crippen LogP contribution in [0, 0.1) is 0 Å². The van der Waals surface area contributed by atoms with Crippen LogP contribution in [-0.4, -0.2) is 0 Å². The van der Waals surface area contributed by atoms with Gasteiger partial charge in [-0.1, -0.05) is 133 Å². The third-order valence-corrected chi connectivity index (χ3v) is 11.3. The molecule has 3 heteroatoms. The van der Waals surface area contributed by atoms with E-state index >= 15 is 4.57 Å². The molecule has 1 unspecified atom stereocenters. The maximum absolute atomic E-state index is 16.6. The van der Waals surface area contributed by atoms with E-state index in [0.717, 1.165) is 60.2 Å². The monoisotopic (exact) mass is 543 g/mol. The molecular formula is C38H26NOP. The highest BCUT2D eigenvalue weighted by atomic mass is 31.2. The molecule has 0 radical (unpaired) electrons. The Labute approximate surface area is 239 Å². The summed E-state index contributed by atoms with van der Waals surface area (Å²) in [5.41, 5.74) is 6.31. The van der Waals surface area contributed by atoms with E-state index in [1.165, 1.54) is 5.56 Å². The Bertz CT molecular complexity index is 2080. The van der Waals surface area contributed by atoms with Gasteiger partial charge in [0.15, 0.2) is 0 Å². The Balaban J connectivity index is 1.59. The summed E-state index contributed by atoms with van der Waals surface area (Å²) in [5.74, 6) is 0. The first-order valence-electron chi connectivity index (χ1n) is 13.9. The Morgan fingerprint density at radius 3 is 1.59 bits per heavy atom. The van der Waals surface area contributed by atoms with E-state index < -0.39 is 7.29 Å². The number of para-hydroxylation sites is 2. The second-order valence-electron chi connectivity index (χ2n) is 10.4. The number of nitrogens with zero attached hydrogens (tertiary/aromatic N) is 1. The van der Waals surface area contributed by atoms with Crippen molar-refractivity contribution in [2.45, 2.75) is 0 Å². The van der Waals surface area contributed by atoms with Gasteiger partial charge in [-0.15, -0.1) is 0 Å². The Morgan fingerprint density at radius 2 is 0.927 bits per heavy atom. The van der Waals surface area contributed by atoms with Crippen molar-refractivity contribution in [2.75, 3.05) is 4.67 Å². The summed E-state index contributed by atoms with van der Waals surface area (Å²) in [7, 11) is -3.49. The molecule has 0 fully saturated rings. The summed E-state index contributed by atoms with van der Waals surface area (Å²) in [4.78, 5) is 0. The fourth-order valence-corrected chi connectivity index (χ4v) is 10.00. The highest BCUT2D eigenvalue weighted by Gasteiger charge is 2.44. The van der Waals surface area contributed by atoms with Crippen molar-refractivity contribution in [3.05, 3.63) is 158 Å². The van der Waals surface area contributed by atoms with Gasteiger partial charge in [0.1, 0.15) is 0 Å². The van der Waals surface area contributed by atoms with E-state index in [0.29, 0.717) is 0 Å². The van der Waals surface area contributed by atoms with Crippen LogP contribution in [0.5, 0.6) is 0 Å². The molecule has 1 atom stereocenters. The number of fused-ring (bicyclic) bond motifs is 5. The Kier molecular flexibility index (Phi) is 5.45. The standard InChI is InChI=1S/C38H26NOP/c40-41(36-26-14-12-20-30(36)29-19-11-13-25-35(29)39(41)28-17-5-2-6-18-28)38-33-23-9-7-21-31(33)37(27-15-3-1-4-16-27)32-22-8-10-24-34(32)38/h1-26H. The first-order valence-corrected chi connectivity index (χ1v) is 15.6. The molecule has 7 aromatic rings. The van der Waals surface area contributed by atoms with Crippen molar-refractivity contribution >= 4 is 50.8 Å². The van der Waals surface area contributed by atoms with Crippen LogP contribution < -0.4 is 15.3 Å². The topological polar surface area (TPSA) is 20.3 Å². The van der Waals surface area contributed by atoms with Crippen LogP contribution in [0.15, 0.2) is 158 Å². The van der Waals surface area contributed by atoms with Gasteiger partial charge >= 0.3 is 0 Å². The zero-order chi connectivity index (χ0) is 27.4. The van der Waals surface area contributed by atoms with Gasteiger partial charge in [0, 0.05) is 16.6 Å². The molecule has 0 aromatic heterocycles. The molecule has 1 aliphatic rings. The summed E-state index contributed by atoms with van der Waals surface area (Å²) in [6.45, 7) is 0. The van der Waals surface area contributed by atoms with E-state index in [1.54, 1.807) is 0 Å². The highest BCUT2D eigenvalue weighted by molar-refractivity contribution is 7.81. The number of hydrogen-bond acceptors (Lipinski definition) is 1. The van der Waals surface area contributed by atoms with Gasteiger partial charge in [-0.05, 0) is 62.5 Å². The van der Waals surface area contributed by atoms with Crippen LogP contribution in [0.25, 0.3) is 43.8 Å². The van der Waals surface area contributed by atoms with Crippen LogP contribution in [0.4, 0.5) is 11.4 Å². The minimum atomic E-state index is -3.49. The molecule has 41 heavy (non-hydrogen) atoms. The predicted molar refractivity (Wildman–Crippen MR) is 174 cm³/mol. The third kappa shape index (κ3) is 3.48. The van der Waals surface area contributed by atoms with Gasteiger partial charge in [0.05, 0.1) is 11.0 Å². The normalized spacial score (nSPS) is 16.0. The lowest BCUT2D eigenvalue weighted by molar-refractivity contribution is 0.587. The van der Waals surface area contributed by atoms with Crippen molar-refractivity contribution in [2.24, 2.45) is 0 Å². The predicted octanol–water partition coefficient (Wildman–Crippen LogP) is 9.71. The van der Waals surface area contributed by atoms with Crippen molar-refractivity contribution in [1.82, 2.24) is 0 Å². The average Bonchev–Trinajstić information content (AvgIpc) is 3.04. The van der Waals surface area contributed by atoms with E-state index in [-0.39, 0.29) is 0 Å². The number of hydrogen-bond donors (Lipinski definition) is 0. The number of rotatable bonds is 3. The minimum Gasteiger partial charge on any atom is -0.289 e. The largest absolute Gasteiger partial charge is 0.289 e. The van der Waals surface area contributed by atoms with Crippen LogP contribution in [0.2, 0.25) is 0 Å². The van der Waals surface area contributed by atoms with Crippen molar-refractivity contribution < 1.29 is 4.57 Å². The molecule has 0 saturated carbocycles. The molecular weight excluding hydrogens is 517 g/mol. The molecule has 0 spiro atoms. The second-order valence-corrected chi connectivity index (χ2v) is 12.9. The second kappa shape index (κ2) is 9.34. The zero-order valence-electron chi connectivity index (χ0n) is 22.3. The molecule has 0 saturated heterocycles. The number of benzene rings is 7. The van der Waals surface area contributed by atoms with E-state index in [2.05, 4.69) is 126 Å². The lowest BCUT2D eigenvalue weighted by atomic mass is 9.92. The van der Waals surface area contributed by atoms with Crippen molar-refractivity contribution in [1.29, 1.82) is 0 Å². The summed E-state index contributed by atoms with van der Waals surface area (Å²) >= 11 is 0. The van der Waals surface area contributed by atoms with Gasteiger partial charge in [-0.2, -0.15) is 0 Å². The molecule has 1 aliphatic heterocycles. The maximum Gasteiger partial charge on any atom is 0.235 e. The fourth-order valence-electron chi connectivity index (χ4n) is 6.55.